The van der Waals surface area contributed by atoms with Crippen LogP contribution in [0.4, 0.5) is 0 Å². The lowest BCUT2D eigenvalue weighted by atomic mass is 10.0. The zero-order valence-electron chi connectivity index (χ0n) is 10.3. The molecule has 1 saturated carbocycles. The van der Waals surface area contributed by atoms with Crippen molar-refractivity contribution in [3.05, 3.63) is 30.1 Å². The number of nitrogens with zero attached hydrogens (tertiary/aromatic N) is 2. The maximum atomic E-state index is 5.97. The van der Waals surface area contributed by atoms with Crippen molar-refractivity contribution in [1.82, 2.24) is 9.88 Å². The van der Waals surface area contributed by atoms with Crippen molar-refractivity contribution in [1.29, 1.82) is 0 Å². The molecular formula is C14H21N3. The first-order valence-corrected chi connectivity index (χ1v) is 6.72. The second-order valence-electron chi connectivity index (χ2n) is 5.44. The molecule has 2 fully saturated rings. The quantitative estimate of drug-likeness (QED) is 0.862. The first-order chi connectivity index (χ1) is 8.38. The van der Waals surface area contributed by atoms with Crippen LogP contribution in [0.1, 0.15) is 30.9 Å². The smallest absolute Gasteiger partial charge is 0.0485 e. The predicted octanol–water partition coefficient (Wildman–Crippen LogP) is 1.81. The van der Waals surface area contributed by atoms with Crippen LogP contribution in [-0.2, 0) is 0 Å². The van der Waals surface area contributed by atoms with E-state index in [9.17, 15) is 0 Å². The molecule has 1 aliphatic heterocycles. The minimum Gasteiger partial charge on any atom is -0.329 e. The molecule has 2 aliphatic rings. The van der Waals surface area contributed by atoms with Gasteiger partial charge >= 0.3 is 0 Å². The van der Waals surface area contributed by atoms with Crippen LogP contribution in [0.3, 0.4) is 0 Å². The Morgan fingerprint density at radius 2 is 2.12 bits per heavy atom. The van der Waals surface area contributed by atoms with Crippen LogP contribution in [0.5, 0.6) is 0 Å². The molecule has 3 nitrogen and oxygen atoms in total. The molecule has 2 N–H and O–H groups in total. The molecule has 1 aromatic rings. The van der Waals surface area contributed by atoms with Gasteiger partial charge in [-0.25, -0.2) is 0 Å². The molecular weight excluding hydrogens is 210 g/mol. The fourth-order valence-corrected chi connectivity index (χ4v) is 3.59. The van der Waals surface area contributed by atoms with Crippen LogP contribution in [0.25, 0.3) is 0 Å². The molecule has 3 unspecified atom stereocenters. The van der Waals surface area contributed by atoms with E-state index in [2.05, 4.69) is 16.0 Å². The van der Waals surface area contributed by atoms with Crippen LogP contribution in [0.15, 0.2) is 24.5 Å². The summed E-state index contributed by atoms with van der Waals surface area (Å²) in [5.41, 5.74) is 7.24. The highest BCUT2D eigenvalue weighted by atomic mass is 15.2. The molecule has 3 heteroatoms. The summed E-state index contributed by atoms with van der Waals surface area (Å²) in [5.74, 6) is 1.86. The van der Waals surface area contributed by atoms with Gasteiger partial charge < -0.3 is 5.73 Å². The largest absolute Gasteiger partial charge is 0.329 e. The third kappa shape index (κ3) is 2.09. The number of pyridine rings is 1. The van der Waals surface area contributed by atoms with Gasteiger partial charge in [-0.1, -0.05) is 12.5 Å². The van der Waals surface area contributed by atoms with E-state index in [0.717, 1.165) is 11.8 Å². The van der Waals surface area contributed by atoms with Crippen LogP contribution in [0.2, 0.25) is 0 Å². The van der Waals surface area contributed by atoms with E-state index < -0.39 is 0 Å². The van der Waals surface area contributed by atoms with Crippen molar-refractivity contribution in [2.24, 2.45) is 17.6 Å². The summed E-state index contributed by atoms with van der Waals surface area (Å²) < 4.78 is 0. The minimum atomic E-state index is 0.370. The van der Waals surface area contributed by atoms with Crippen molar-refractivity contribution in [3.8, 4) is 0 Å². The number of fused-ring (bicyclic) bond motifs is 1. The van der Waals surface area contributed by atoms with Gasteiger partial charge in [-0.05, 0) is 36.3 Å². The molecule has 92 valence electrons. The van der Waals surface area contributed by atoms with Gasteiger partial charge in [0.05, 0.1) is 0 Å². The summed E-state index contributed by atoms with van der Waals surface area (Å²) in [4.78, 5) is 6.79. The fraction of sp³-hybridized carbons (Fsp3) is 0.643. The Labute approximate surface area is 103 Å². The molecule has 1 saturated heterocycles. The molecule has 0 bridgehead atoms. The lowest BCUT2D eigenvalue weighted by Crippen LogP contribution is -2.32. The lowest BCUT2D eigenvalue weighted by molar-refractivity contribution is 0.231. The molecule has 0 spiro atoms. The van der Waals surface area contributed by atoms with E-state index in [1.165, 1.54) is 37.9 Å². The summed E-state index contributed by atoms with van der Waals surface area (Å²) in [5, 5.41) is 0. The second kappa shape index (κ2) is 4.75. The van der Waals surface area contributed by atoms with E-state index in [1.54, 1.807) is 0 Å². The van der Waals surface area contributed by atoms with E-state index in [0.29, 0.717) is 12.6 Å². The van der Waals surface area contributed by atoms with Gasteiger partial charge in [0.25, 0.3) is 0 Å². The van der Waals surface area contributed by atoms with Gasteiger partial charge in [-0.2, -0.15) is 0 Å². The van der Waals surface area contributed by atoms with E-state index in [-0.39, 0.29) is 0 Å². The average Bonchev–Trinajstić information content (AvgIpc) is 2.92. The van der Waals surface area contributed by atoms with E-state index in [4.69, 9.17) is 5.73 Å². The van der Waals surface area contributed by atoms with E-state index >= 15 is 0 Å². The molecule has 0 amide bonds. The number of hydrogen-bond donors (Lipinski definition) is 1. The summed E-state index contributed by atoms with van der Waals surface area (Å²) in [6, 6.07) is 4.53. The van der Waals surface area contributed by atoms with Crippen LogP contribution in [-0.4, -0.2) is 29.5 Å². The van der Waals surface area contributed by atoms with Crippen molar-refractivity contribution in [2.45, 2.75) is 25.3 Å². The number of hydrogen-bond acceptors (Lipinski definition) is 3. The van der Waals surface area contributed by atoms with Gasteiger partial charge in [0, 0.05) is 38.1 Å². The maximum Gasteiger partial charge on any atom is 0.0485 e. The monoisotopic (exact) mass is 231 g/mol. The highest BCUT2D eigenvalue weighted by Crippen LogP contribution is 2.40. The lowest BCUT2D eigenvalue weighted by Gasteiger charge is -2.27. The normalized spacial score (nSPS) is 30.4. The summed E-state index contributed by atoms with van der Waals surface area (Å²) in [6.45, 7) is 3.17. The Kier molecular flexibility index (Phi) is 3.12. The molecule has 2 heterocycles. The van der Waals surface area contributed by atoms with Crippen LogP contribution < -0.4 is 5.73 Å². The Morgan fingerprint density at radius 3 is 2.71 bits per heavy atom. The van der Waals surface area contributed by atoms with Crippen LogP contribution in [0, 0.1) is 11.8 Å². The van der Waals surface area contributed by atoms with Crippen molar-refractivity contribution < 1.29 is 0 Å². The predicted molar refractivity (Wildman–Crippen MR) is 68.4 cm³/mol. The Morgan fingerprint density at radius 1 is 1.35 bits per heavy atom. The molecule has 3 atom stereocenters. The van der Waals surface area contributed by atoms with Crippen molar-refractivity contribution in [2.75, 3.05) is 19.6 Å². The molecule has 0 aromatic carbocycles. The molecule has 3 rings (SSSR count). The standard InChI is InChI=1S/C14H21N3/c15-7-14(11-5-2-6-16-8-11)17-9-12-3-1-4-13(12)10-17/h2,5-6,8,12-14H,1,3-4,7,9-10,15H2. The highest BCUT2D eigenvalue weighted by Gasteiger charge is 2.38. The first kappa shape index (κ1) is 11.2. The number of likely N-dealkylation sites (tertiary alicyclic amines) is 1. The fourth-order valence-electron chi connectivity index (χ4n) is 3.59. The first-order valence-electron chi connectivity index (χ1n) is 6.72. The third-order valence-electron chi connectivity index (χ3n) is 4.49. The van der Waals surface area contributed by atoms with E-state index in [1.807, 2.05) is 18.5 Å². The third-order valence-corrected chi connectivity index (χ3v) is 4.49. The van der Waals surface area contributed by atoms with Gasteiger partial charge in [-0.3, -0.25) is 9.88 Å². The number of aromatic nitrogens is 1. The molecule has 0 radical (unpaired) electrons. The van der Waals surface area contributed by atoms with Gasteiger partial charge in [0.1, 0.15) is 0 Å². The van der Waals surface area contributed by atoms with Gasteiger partial charge in [0.15, 0.2) is 0 Å². The highest BCUT2D eigenvalue weighted by molar-refractivity contribution is 5.15. The van der Waals surface area contributed by atoms with Crippen molar-refractivity contribution in [3.63, 3.8) is 0 Å². The average molecular weight is 231 g/mol. The molecule has 17 heavy (non-hydrogen) atoms. The van der Waals surface area contributed by atoms with Crippen LogP contribution >= 0.6 is 0 Å². The maximum absolute atomic E-state index is 5.97. The topological polar surface area (TPSA) is 42.1 Å². The Balaban J connectivity index is 1.74. The minimum absolute atomic E-state index is 0.370. The number of rotatable bonds is 3. The zero-order chi connectivity index (χ0) is 11.7. The van der Waals surface area contributed by atoms with Gasteiger partial charge in [-0.15, -0.1) is 0 Å². The summed E-state index contributed by atoms with van der Waals surface area (Å²) in [6.07, 6.45) is 8.07. The van der Waals surface area contributed by atoms with Gasteiger partial charge in [0.2, 0.25) is 0 Å². The summed E-state index contributed by atoms with van der Waals surface area (Å²) >= 11 is 0. The Hall–Kier alpha value is -0.930. The molecule has 1 aromatic heterocycles. The zero-order valence-corrected chi connectivity index (χ0v) is 10.3. The molecule has 1 aliphatic carbocycles. The Bertz CT molecular complexity index is 353. The second-order valence-corrected chi connectivity index (χ2v) is 5.44. The van der Waals surface area contributed by atoms with Crippen molar-refractivity contribution >= 4 is 0 Å². The SMILES string of the molecule is NCC(c1cccnc1)N1CC2CCCC2C1. The number of nitrogens with two attached hydrogens (primary N) is 1. The summed E-state index contributed by atoms with van der Waals surface area (Å²) in [7, 11) is 0.